The van der Waals surface area contributed by atoms with E-state index >= 15 is 0 Å². The molecular formula is C8H14N4O. The molecule has 0 radical (unpaired) electrons. The second kappa shape index (κ2) is 4.74. The van der Waals surface area contributed by atoms with Gasteiger partial charge in [0.15, 0.2) is 0 Å². The number of nitrogens with one attached hydrogen (secondary N) is 2. The third-order valence-electron chi connectivity index (χ3n) is 1.72. The van der Waals surface area contributed by atoms with Crippen LogP contribution in [0.15, 0.2) is 16.9 Å². The van der Waals surface area contributed by atoms with Crippen molar-refractivity contribution in [2.75, 3.05) is 6.54 Å². The molecule has 5 heteroatoms. The van der Waals surface area contributed by atoms with Gasteiger partial charge < -0.3 is 11.1 Å². The Morgan fingerprint density at radius 1 is 1.69 bits per heavy atom. The number of nitrogens with zero attached hydrogens (tertiary/aromatic N) is 1. The predicted molar refractivity (Wildman–Crippen MR) is 50.2 cm³/mol. The zero-order valence-corrected chi connectivity index (χ0v) is 7.58. The van der Waals surface area contributed by atoms with Crippen LogP contribution >= 0.6 is 0 Å². The summed E-state index contributed by atoms with van der Waals surface area (Å²) in [6, 6.07) is 3.40. The first-order chi connectivity index (χ1) is 6.22. The van der Waals surface area contributed by atoms with Gasteiger partial charge in [-0.25, -0.2) is 5.10 Å². The molecule has 0 saturated carbocycles. The van der Waals surface area contributed by atoms with Gasteiger partial charge in [0.1, 0.15) is 0 Å². The third kappa shape index (κ3) is 3.35. The molecule has 0 spiro atoms. The smallest absolute Gasteiger partial charge is 0.264 e. The molecule has 0 aliphatic rings. The summed E-state index contributed by atoms with van der Waals surface area (Å²) in [5.74, 6) is 0. The molecule has 5 nitrogen and oxygen atoms in total. The number of nitrogens with two attached hydrogens (primary N) is 1. The van der Waals surface area contributed by atoms with Gasteiger partial charge in [-0.15, -0.1) is 0 Å². The van der Waals surface area contributed by atoms with E-state index in [0.29, 0.717) is 13.1 Å². The zero-order valence-electron chi connectivity index (χ0n) is 7.58. The quantitative estimate of drug-likeness (QED) is 0.569. The Kier molecular flexibility index (Phi) is 3.60. The van der Waals surface area contributed by atoms with Crippen LogP contribution < -0.4 is 16.6 Å². The Morgan fingerprint density at radius 3 is 3.00 bits per heavy atom. The Balaban J connectivity index is 2.46. The average Bonchev–Trinajstić information content (AvgIpc) is 2.16. The van der Waals surface area contributed by atoms with Gasteiger partial charge in [0.25, 0.3) is 5.56 Å². The fourth-order valence-electron chi connectivity index (χ4n) is 0.834. The molecule has 0 unspecified atom stereocenters. The van der Waals surface area contributed by atoms with Crippen molar-refractivity contribution in [3.05, 3.63) is 28.2 Å². The monoisotopic (exact) mass is 182 g/mol. The lowest BCUT2D eigenvalue weighted by molar-refractivity contribution is 0.547. The van der Waals surface area contributed by atoms with E-state index in [2.05, 4.69) is 15.5 Å². The lowest BCUT2D eigenvalue weighted by Crippen LogP contribution is -2.33. The molecule has 13 heavy (non-hydrogen) atoms. The number of H-pyrrole nitrogens is 1. The van der Waals surface area contributed by atoms with Gasteiger partial charge in [-0.3, -0.25) is 4.79 Å². The lowest BCUT2D eigenvalue weighted by Gasteiger charge is -2.09. The number of aromatic nitrogens is 2. The molecule has 4 N–H and O–H groups in total. The minimum atomic E-state index is -0.185. The molecule has 0 bridgehead atoms. The first kappa shape index (κ1) is 9.88. The van der Waals surface area contributed by atoms with Crippen LogP contribution in [-0.2, 0) is 6.54 Å². The van der Waals surface area contributed by atoms with Crippen molar-refractivity contribution in [1.82, 2.24) is 15.5 Å². The molecule has 0 fully saturated rings. The molecule has 0 aromatic carbocycles. The van der Waals surface area contributed by atoms with Crippen LogP contribution in [0.4, 0.5) is 0 Å². The van der Waals surface area contributed by atoms with Crippen molar-refractivity contribution >= 4 is 0 Å². The summed E-state index contributed by atoms with van der Waals surface area (Å²) < 4.78 is 0. The highest BCUT2D eigenvalue weighted by molar-refractivity contribution is 4.98. The first-order valence-corrected chi connectivity index (χ1v) is 4.20. The van der Waals surface area contributed by atoms with Gasteiger partial charge >= 0.3 is 0 Å². The molecule has 0 aliphatic carbocycles. The SMILES string of the molecule is C[C@@H](CN)NCc1ccc(=O)[nH]n1. The van der Waals surface area contributed by atoms with E-state index in [4.69, 9.17) is 5.73 Å². The molecule has 0 saturated heterocycles. The summed E-state index contributed by atoms with van der Waals surface area (Å²) in [7, 11) is 0. The number of rotatable bonds is 4. The Morgan fingerprint density at radius 2 is 2.46 bits per heavy atom. The third-order valence-corrected chi connectivity index (χ3v) is 1.72. The summed E-state index contributed by atoms with van der Waals surface area (Å²) in [4.78, 5) is 10.7. The highest BCUT2D eigenvalue weighted by atomic mass is 16.1. The summed E-state index contributed by atoms with van der Waals surface area (Å²) >= 11 is 0. The lowest BCUT2D eigenvalue weighted by atomic mass is 10.3. The average molecular weight is 182 g/mol. The van der Waals surface area contributed by atoms with Crippen LogP contribution in [0.5, 0.6) is 0 Å². The molecule has 1 heterocycles. The van der Waals surface area contributed by atoms with Crippen molar-refractivity contribution < 1.29 is 0 Å². The normalized spacial score (nSPS) is 12.8. The van der Waals surface area contributed by atoms with Crippen LogP contribution in [0, 0.1) is 0 Å². The van der Waals surface area contributed by atoms with E-state index in [1.165, 1.54) is 6.07 Å². The highest BCUT2D eigenvalue weighted by Gasteiger charge is 1.98. The fourth-order valence-corrected chi connectivity index (χ4v) is 0.834. The van der Waals surface area contributed by atoms with Crippen molar-refractivity contribution in [3.63, 3.8) is 0 Å². The van der Waals surface area contributed by atoms with E-state index in [-0.39, 0.29) is 11.6 Å². The molecule has 0 aliphatic heterocycles. The van der Waals surface area contributed by atoms with Gasteiger partial charge in [-0.2, -0.15) is 5.10 Å². The number of aromatic amines is 1. The second-order valence-electron chi connectivity index (χ2n) is 2.93. The maximum absolute atomic E-state index is 10.7. The summed E-state index contributed by atoms with van der Waals surface area (Å²) in [5, 5.41) is 9.37. The van der Waals surface area contributed by atoms with E-state index in [1.807, 2.05) is 6.92 Å². The Labute approximate surface area is 76.4 Å². The minimum absolute atomic E-state index is 0.185. The Hall–Kier alpha value is -1.20. The summed E-state index contributed by atoms with van der Waals surface area (Å²) in [6.07, 6.45) is 0. The summed E-state index contributed by atoms with van der Waals surface area (Å²) in [6.45, 7) is 3.20. The van der Waals surface area contributed by atoms with E-state index in [1.54, 1.807) is 6.07 Å². The molecular weight excluding hydrogens is 168 g/mol. The zero-order chi connectivity index (χ0) is 9.68. The molecule has 72 valence electrons. The molecule has 1 aromatic rings. The van der Waals surface area contributed by atoms with E-state index in [0.717, 1.165) is 5.69 Å². The molecule has 0 amide bonds. The first-order valence-electron chi connectivity index (χ1n) is 4.20. The highest BCUT2D eigenvalue weighted by Crippen LogP contribution is 1.88. The van der Waals surface area contributed by atoms with Crippen molar-refractivity contribution in [3.8, 4) is 0 Å². The maximum Gasteiger partial charge on any atom is 0.264 e. The summed E-state index contributed by atoms with van der Waals surface area (Å²) in [5.41, 5.74) is 6.04. The van der Waals surface area contributed by atoms with Crippen LogP contribution in [0.3, 0.4) is 0 Å². The molecule has 1 rings (SSSR count). The van der Waals surface area contributed by atoms with E-state index < -0.39 is 0 Å². The van der Waals surface area contributed by atoms with Crippen LogP contribution in [0.2, 0.25) is 0 Å². The molecule has 1 aromatic heterocycles. The second-order valence-corrected chi connectivity index (χ2v) is 2.93. The largest absolute Gasteiger partial charge is 0.329 e. The predicted octanol–water partition coefficient (Wildman–Crippen LogP) is -0.793. The minimum Gasteiger partial charge on any atom is -0.329 e. The van der Waals surface area contributed by atoms with Gasteiger partial charge in [0.05, 0.1) is 5.69 Å². The van der Waals surface area contributed by atoms with Crippen molar-refractivity contribution in [2.45, 2.75) is 19.5 Å². The molecule has 1 atom stereocenters. The topological polar surface area (TPSA) is 83.8 Å². The van der Waals surface area contributed by atoms with Crippen LogP contribution in [-0.4, -0.2) is 22.8 Å². The number of hydrogen-bond donors (Lipinski definition) is 3. The van der Waals surface area contributed by atoms with Crippen LogP contribution in [0.1, 0.15) is 12.6 Å². The number of hydrogen-bond acceptors (Lipinski definition) is 4. The standard InChI is InChI=1S/C8H14N4O/c1-6(4-9)10-5-7-2-3-8(13)12-11-7/h2-3,6,10H,4-5,9H2,1H3,(H,12,13)/t6-/m0/s1. The van der Waals surface area contributed by atoms with Crippen molar-refractivity contribution in [1.29, 1.82) is 0 Å². The van der Waals surface area contributed by atoms with Gasteiger partial charge in [0, 0.05) is 25.2 Å². The van der Waals surface area contributed by atoms with Gasteiger partial charge in [0.2, 0.25) is 0 Å². The maximum atomic E-state index is 10.7. The van der Waals surface area contributed by atoms with Gasteiger partial charge in [-0.1, -0.05) is 0 Å². The van der Waals surface area contributed by atoms with Gasteiger partial charge in [-0.05, 0) is 13.0 Å². The van der Waals surface area contributed by atoms with E-state index in [9.17, 15) is 4.79 Å². The Bertz CT molecular complexity index is 289. The fraction of sp³-hybridized carbons (Fsp3) is 0.500. The van der Waals surface area contributed by atoms with Crippen molar-refractivity contribution in [2.24, 2.45) is 5.73 Å². The van der Waals surface area contributed by atoms with Crippen LogP contribution in [0.25, 0.3) is 0 Å².